The highest BCUT2D eigenvalue weighted by Crippen LogP contribution is 2.31. The third-order valence-electron chi connectivity index (χ3n) is 7.67. The van der Waals surface area contributed by atoms with Crippen molar-refractivity contribution in [1.29, 1.82) is 0 Å². The van der Waals surface area contributed by atoms with Crippen LogP contribution < -0.4 is 10.6 Å². The molecule has 0 fully saturated rings. The van der Waals surface area contributed by atoms with Crippen LogP contribution in [0.1, 0.15) is 53.9 Å². The lowest BCUT2D eigenvalue weighted by atomic mass is 9.87. The predicted octanol–water partition coefficient (Wildman–Crippen LogP) is 4.20. The number of rotatable bonds is 7. The standard InChI is InChI=1S/C30H33N7O2/c1-18(19(2)23-6-5-7-24-25(30(39)31-4)8-10-32-29(23)24)14-34-28-13-27(35-17-36-28)21-12-22-16-37(20(3)38)11-9-26(22)33-15-21/h5-8,10,12-13,15,17-19H,9,11,14,16H2,1-4H3,(H,31,39)(H,34,35,36). The van der Waals surface area contributed by atoms with E-state index in [9.17, 15) is 9.59 Å². The van der Waals surface area contributed by atoms with Gasteiger partial charge in [0, 0.05) is 75.1 Å². The third-order valence-corrected chi connectivity index (χ3v) is 7.67. The smallest absolute Gasteiger partial charge is 0.251 e. The topological polar surface area (TPSA) is 113 Å². The van der Waals surface area contributed by atoms with E-state index in [-0.39, 0.29) is 23.7 Å². The number of aromatic nitrogens is 4. The Labute approximate surface area is 228 Å². The van der Waals surface area contributed by atoms with E-state index < -0.39 is 0 Å². The number of anilines is 1. The summed E-state index contributed by atoms with van der Waals surface area (Å²) in [5, 5.41) is 7.03. The Morgan fingerprint density at radius 1 is 1.08 bits per heavy atom. The number of hydrogen-bond acceptors (Lipinski definition) is 7. The highest BCUT2D eigenvalue weighted by Gasteiger charge is 2.21. The largest absolute Gasteiger partial charge is 0.370 e. The monoisotopic (exact) mass is 523 g/mol. The fourth-order valence-electron chi connectivity index (χ4n) is 5.09. The lowest BCUT2D eigenvalue weighted by Gasteiger charge is -2.27. The first-order chi connectivity index (χ1) is 18.9. The van der Waals surface area contributed by atoms with Crippen LogP contribution >= 0.6 is 0 Å². The van der Waals surface area contributed by atoms with Gasteiger partial charge < -0.3 is 15.5 Å². The molecule has 0 aliphatic carbocycles. The number of nitrogens with zero attached hydrogens (tertiary/aromatic N) is 5. The molecule has 1 aliphatic rings. The fraction of sp³-hybridized carbons (Fsp3) is 0.333. The average Bonchev–Trinajstić information content (AvgIpc) is 2.98. The van der Waals surface area contributed by atoms with E-state index in [1.54, 1.807) is 32.6 Å². The Morgan fingerprint density at radius 3 is 2.72 bits per heavy atom. The van der Waals surface area contributed by atoms with E-state index in [2.05, 4.69) is 56.5 Å². The SMILES string of the molecule is CNC(=O)c1ccnc2c(C(C)C(C)CNc3cc(-c4cnc5c(c4)CN(C(C)=O)CC5)ncn3)cccc12. The number of hydrogen-bond donors (Lipinski definition) is 2. The summed E-state index contributed by atoms with van der Waals surface area (Å²) in [7, 11) is 1.64. The van der Waals surface area contributed by atoms with E-state index >= 15 is 0 Å². The van der Waals surface area contributed by atoms with Gasteiger partial charge in [0.15, 0.2) is 0 Å². The molecule has 0 saturated heterocycles. The Bertz CT molecular complexity index is 1540. The zero-order chi connectivity index (χ0) is 27.5. The van der Waals surface area contributed by atoms with Crippen LogP contribution in [0, 0.1) is 5.92 Å². The first-order valence-electron chi connectivity index (χ1n) is 13.2. The zero-order valence-electron chi connectivity index (χ0n) is 22.7. The first kappa shape index (κ1) is 26.2. The molecule has 1 aromatic carbocycles. The van der Waals surface area contributed by atoms with Crippen molar-refractivity contribution >= 4 is 28.5 Å². The number of fused-ring (bicyclic) bond motifs is 2. The van der Waals surface area contributed by atoms with Gasteiger partial charge in [0.05, 0.1) is 16.8 Å². The van der Waals surface area contributed by atoms with Crippen molar-refractivity contribution in [3.63, 3.8) is 0 Å². The maximum Gasteiger partial charge on any atom is 0.251 e. The molecule has 2 atom stereocenters. The van der Waals surface area contributed by atoms with Crippen molar-refractivity contribution in [3.8, 4) is 11.3 Å². The van der Waals surface area contributed by atoms with Gasteiger partial charge in [-0.15, -0.1) is 0 Å². The summed E-state index contributed by atoms with van der Waals surface area (Å²) in [6.45, 7) is 7.95. The summed E-state index contributed by atoms with van der Waals surface area (Å²) in [6.07, 6.45) is 5.87. The van der Waals surface area contributed by atoms with Crippen LogP contribution in [0.4, 0.5) is 5.82 Å². The lowest BCUT2D eigenvalue weighted by molar-refractivity contribution is -0.129. The van der Waals surface area contributed by atoms with Crippen LogP contribution in [0.3, 0.4) is 0 Å². The summed E-state index contributed by atoms with van der Waals surface area (Å²) in [5.74, 6) is 1.13. The van der Waals surface area contributed by atoms with Crippen LogP contribution in [-0.4, -0.2) is 56.8 Å². The van der Waals surface area contributed by atoms with E-state index in [1.165, 1.54) is 0 Å². The lowest BCUT2D eigenvalue weighted by Crippen LogP contribution is -2.34. The van der Waals surface area contributed by atoms with Crippen molar-refractivity contribution in [3.05, 3.63) is 77.5 Å². The third kappa shape index (κ3) is 5.43. The van der Waals surface area contributed by atoms with Crippen LogP contribution in [0.15, 0.2) is 55.1 Å². The van der Waals surface area contributed by atoms with Crippen LogP contribution in [0.5, 0.6) is 0 Å². The van der Waals surface area contributed by atoms with Gasteiger partial charge in [-0.1, -0.05) is 32.0 Å². The quantitative estimate of drug-likeness (QED) is 0.373. The molecule has 0 saturated carbocycles. The van der Waals surface area contributed by atoms with Crippen LogP contribution in [0.25, 0.3) is 22.2 Å². The van der Waals surface area contributed by atoms with Gasteiger partial charge in [-0.25, -0.2) is 9.97 Å². The number of benzene rings is 1. The highest BCUT2D eigenvalue weighted by molar-refractivity contribution is 6.06. The number of pyridine rings is 2. The molecule has 1 aliphatic heterocycles. The molecule has 0 bridgehead atoms. The minimum atomic E-state index is -0.119. The molecule has 200 valence electrons. The number of para-hydroxylation sites is 1. The van der Waals surface area contributed by atoms with E-state index in [4.69, 9.17) is 0 Å². The summed E-state index contributed by atoms with van der Waals surface area (Å²) in [4.78, 5) is 44.2. The number of nitrogens with one attached hydrogen (secondary N) is 2. The summed E-state index contributed by atoms with van der Waals surface area (Å²) in [5.41, 5.74) is 6.37. The molecular weight excluding hydrogens is 490 g/mol. The highest BCUT2D eigenvalue weighted by atomic mass is 16.2. The second-order valence-corrected chi connectivity index (χ2v) is 10.1. The minimum absolute atomic E-state index is 0.0779. The van der Waals surface area contributed by atoms with Gasteiger partial charge >= 0.3 is 0 Å². The number of carbonyl (C=O) groups is 2. The molecule has 4 heterocycles. The molecule has 5 rings (SSSR count). The Kier molecular flexibility index (Phi) is 7.49. The number of amides is 2. The van der Waals surface area contributed by atoms with Gasteiger partial charge in [0.2, 0.25) is 5.91 Å². The first-order valence-corrected chi connectivity index (χ1v) is 13.2. The van der Waals surface area contributed by atoms with Crippen LogP contribution in [-0.2, 0) is 17.8 Å². The summed E-state index contributed by atoms with van der Waals surface area (Å²) >= 11 is 0. The summed E-state index contributed by atoms with van der Waals surface area (Å²) in [6, 6.07) is 11.8. The van der Waals surface area contributed by atoms with E-state index in [0.29, 0.717) is 25.2 Å². The van der Waals surface area contributed by atoms with E-state index in [1.807, 2.05) is 29.3 Å². The van der Waals surface area contributed by atoms with E-state index in [0.717, 1.165) is 51.2 Å². The van der Waals surface area contributed by atoms with Gasteiger partial charge in [0.25, 0.3) is 5.91 Å². The maximum absolute atomic E-state index is 12.4. The minimum Gasteiger partial charge on any atom is -0.370 e. The summed E-state index contributed by atoms with van der Waals surface area (Å²) < 4.78 is 0. The second kappa shape index (κ2) is 11.1. The Balaban J connectivity index is 1.31. The van der Waals surface area contributed by atoms with Crippen molar-refractivity contribution in [1.82, 2.24) is 30.2 Å². The molecule has 0 radical (unpaired) electrons. The zero-order valence-corrected chi connectivity index (χ0v) is 22.7. The molecule has 2 unspecified atom stereocenters. The predicted molar refractivity (Wildman–Crippen MR) is 151 cm³/mol. The van der Waals surface area contributed by atoms with Gasteiger partial charge in [-0.05, 0) is 35.1 Å². The maximum atomic E-state index is 12.4. The molecule has 39 heavy (non-hydrogen) atoms. The van der Waals surface area contributed by atoms with Crippen molar-refractivity contribution in [2.45, 2.75) is 39.7 Å². The van der Waals surface area contributed by atoms with Gasteiger partial charge in [-0.3, -0.25) is 19.6 Å². The fourth-order valence-corrected chi connectivity index (χ4v) is 5.09. The Hall–Kier alpha value is -4.40. The van der Waals surface area contributed by atoms with Crippen LogP contribution in [0.2, 0.25) is 0 Å². The second-order valence-electron chi connectivity index (χ2n) is 10.1. The molecular formula is C30H33N7O2. The molecule has 9 heteroatoms. The average molecular weight is 524 g/mol. The Morgan fingerprint density at radius 2 is 1.92 bits per heavy atom. The molecule has 9 nitrogen and oxygen atoms in total. The van der Waals surface area contributed by atoms with Crippen molar-refractivity contribution in [2.24, 2.45) is 5.92 Å². The van der Waals surface area contributed by atoms with Gasteiger partial charge in [0.1, 0.15) is 12.1 Å². The van der Waals surface area contributed by atoms with Crippen molar-refractivity contribution < 1.29 is 9.59 Å². The molecule has 3 aromatic heterocycles. The van der Waals surface area contributed by atoms with Gasteiger partial charge in [-0.2, -0.15) is 0 Å². The molecule has 4 aromatic rings. The molecule has 2 N–H and O–H groups in total. The number of carbonyl (C=O) groups excluding carboxylic acids is 2. The molecule has 0 spiro atoms. The molecule has 2 amide bonds. The van der Waals surface area contributed by atoms with Crippen molar-refractivity contribution in [2.75, 3.05) is 25.5 Å². The normalized spacial score (nSPS) is 14.4.